The van der Waals surface area contributed by atoms with Crippen LogP contribution in [0.2, 0.25) is 0 Å². The molecule has 1 heterocycles. The molecule has 0 saturated heterocycles. The number of ketones is 1. The highest BCUT2D eigenvalue weighted by Gasteiger charge is 2.17. The maximum atomic E-state index is 12.7. The van der Waals surface area contributed by atoms with E-state index in [1.54, 1.807) is 30.3 Å². The predicted octanol–water partition coefficient (Wildman–Crippen LogP) is 4.18. The van der Waals surface area contributed by atoms with Crippen LogP contribution >= 0.6 is 11.3 Å². The van der Waals surface area contributed by atoms with Crippen molar-refractivity contribution in [1.82, 2.24) is 4.57 Å². The van der Waals surface area contributed by atoms with E-state index < -0.39 is 0 Å². The Hall–Kier alpha value is -3.31. The molecule has 5 heteroatoms. The number of benzene rings is 3. The highest BCUT2D eigenvalue weighted by molar-refractivity contribution is 7.16. The number of carbonyl (C=O) groups excluding carboxylic acids is 2. The number of nitrogens with zero attached hydrogens (tertiary/aromatic N) is 1. The van der Waals surface area contributed by atoms with Gasteiger partial charge in [-0.25, -0.2) is 4.57 Å². The van der Waals surface area contributed by atoms with Gasteiger partial charge in [-0.05, 0) is 23.8 Å². The summed E-state index contributed by atoms with van der Waals surface area (Å²) >= 11 is 0.979. The molecule has 0 radical (unpaired) electrons. The quantitative estimate of drug-likeness (QED) is 0.504. The van der Waals surface area contributed by atoms with Gasteiger partial charge in [0.25, 0.3) is 0 Å². The van der Waals surface area contributed by atoms with Crippen LogP contribution in [0, 0.1) is 0 Å². The second-order valence-corrected chi connectivity index (χ2v) is 7.13. The van der Waals surface area contributed by atoms with Gasteiger partial charge in [-0.3, -0.25) is 14.4 Å². The van der Waals surface area contributed by atoms with Crippen LogP contribution in [0.5, 0.6) is 0 Å². The van der Waals surface area contributed by atoms with Crippen LogP contribution < -0.4 is 4.87 Å². The molecule has 0 fully saturated rings. The van der Waals surface area contributed by atoms with E-state index in [0.29, 0.717) is 21.3 Å². The summed E-state index contributed by atoms with van der Waals surface area (Å²) in [5, 5.41) is 0. The van der Waals surface area contributed by atoms with Crippen molar-refractivity contribution in [2.75, 3.05) is 0 Å². The highest BCUT2D eigenvalue weighted by atomic mass is 32.1. The van der Waals surface area contributed by atoms with Gasteiger partial charge >= 0.3 is 4.87 Å². The van der Waals surface area contributed by atoms with Gasteiger partial charge in [0.1, 0.15) is 0 Å². The Morgan fingerprint density at radius 1 is 0.815 bits per heavy atom. The molecule has 0 spiro atoms. The molecule has 27 heavy (non-hydrogen) atoms. The van der Waals surface area contributed by atoms with Crippen LogP contribution in [0.3, 0.4) is 0 Å². The van der Waals surface area contributed by atoms with Crippen molar-refractivity contribution in [3.8, 4) is 0 Å². The summed E-state index contributed by atoms with van der Waals surface area (Å²) in [6.07, 6.45) is 0.150. The standard InChI is InChI=1S/C22H15NO3S/c24-20(13-15-7-3-1-4-8-15)23-18-12-11-17(14-19(18)27-22(23)26)21(25)16-9-5-2-6-10-16/h1-12,14H,13H2. The second kappa shape index (κ2) is 7.13. The molecule has 0 atom stereocenters. The smallest absolute Gasteiger partial charge is 0.289 e. The first kappa shape index (κ1) is 17.1. The molecule has 4 aromatic rings. The minimum absolute atomic E-state index is 0.111. The van der Waals surface area contributed by atoms with Crippen molar-refractivity contribution < 1.29 is 9.59 Å². The molecule has 4 nitrogen and oxygen atoms in total. The molecule has 4 rings (SSSR count). The van der Waals surface area contributed by atoms with Gasteiger partial charge in [-0.15, -0.1) is 0 Å². The highest BCUT2D eigenvalue weighted by Crippen LogP contribution is 2.21. The van der Waals surface area contributed by atoms with E-state index in [2.05, 4.69) is 0 Å². The lowest BCUT2D eigenvalue weighted by atomic mass is 10.0. The van der Waals surface area contributed by atoms with E-state index in [1.165, 1.54) is 4.57 Å². The number of hydrogen-bond acceptors (Lipinski definition) is 4. The van der Waals surface area contributed by atoms with E-state index in [-0.39, 0.29) is 23.0 Å². The first-order valence-electron chi connectivity index (χ1n) is 8.46. The van der Waals surface area contributed by atoms with Crippen molar-refractivity contribution in [3.63, 3.8) is 0 Å². The van der Waals surface area contributed by atoms with Gasteiger partial charge in [0, 0.05) is 11.1 Å². The molecule has 0 amide bonds. The lowest BCUT2D eigenvalue weighted by Gasteiger charge is -2.04. The van der Waals surface area contributed by atoms with Gasteiger partial charge in [0.05, 0.1) is 16.6 Å². The zero-order chi connectivity index (χ0) is 18.8. The summed E-state index contributed by atoms with van der Waals surface area (Å²) in [5.41, 5.74) is 2.47. The zero-order valence-electron chi connectivity index (χ0n) is 14.3. The molecular formula is C22H15NO3S. The number of thiazole rings is 1. The zero-order valence-corrected chi connectivity index (χ0v) is 15.1. The van der Waals surface area contributed by atoms with Crippen LogP contribution in [0.1, 0.15) is 26.3 Å². The summed E-state index contributed by atoms with van der Waals surface area (Å²) in [4.78, 5) is 37.3. The maximum absolute atomic E-state index is 12.7. The fraction of sp³-hybridized carbons (Fsp3) is 0.0455. The van der Waals surface area contributed by atoms with Crippen LogP contribution in [0.4, 0.5) is 0 Å². The Kier molecular flexibility index (Phi) is 4.52. The van der Waals surface area contributed by atoms with Gasteiger partial charge in [0.2, 0.25) is 5.91 Å². The topological polar surface area (TPSA) is 56.1 Å². The first-order valence-corrected chi connectivity index (χ1v) is 9.27. The molecular weight excluding hydrogens is 358 g/mol. The van der Waals surface area contributed by atoms with Gasteiger partial charge in [-0.1, -0.05) is 72.0 Å². The third-order valence-corrected chi connectivity index (χ3v) is 5.23. The van der Waals surface area contributed by atoms with E-state index in [0.717, 1.165) is 16.9 Å². The predicted molar refractivity (Wildman–Crippen MR) is 107 cm³/mol. The average Bonchev–Trinajstić information content (AvgIpc) is 3.03. The third kappa shape index (κ3) is 3.37. The van der Waals surface area contributed by atoms with Crippen molar-refractivity contribution in [3.05, 3.63) is 105 Å². The van der Waals surface area contributed by atoms with Gasteiger partial charge in [0.15, 0.2) is 5.78 Å². The normalized spacial score (nSPS) is 10.8. The lowest BCUT2D eigenvalue weighted by molar-refractivity contribution is 0.0916. The number of hydrogen-bond donors (Lipinski definition) is 0. The largest absolute Gasteiger partial charge is 0.314 e. The number of fused-ring (bicyclic) bond motifs is 1. The Balaban J connectivity index is 1.70. The van der Waals surface area contributed by atoms with E-state index >= 15 is 0 Å². The number of rotatable bonds is 4. The van der Waals surface area contributed by atoms with Crippen molar-refractivity contribution >= 4 is 33.2 Å². The Morgan fingerprint density at radius 3 is 2.19 bits per heavy atom. The van der Waals surface area contributed by atoms with Gasteiger partial charge in [-0.2, -0.15) is 0 Å². The molecule has 0 aliphatic rings. The Bertz CT molecular complexity index is 1190. The number of carbonyl (C=O) groups is 2. The van der Waals surface area contributed by atoms with Crippen molar-refractivity contribution in [2.45, 2.75) is 6.42 Å². The summed E-state index contributed by atoms with van der Waals surface area (Å²) < 4.78 is 1.83. The van der Waals surface area contributed by atoms with Crippen LogP contribution in [-0.2, 0) is 6.42 Å². The summed E-state index contributed by atoms with van der Waals surface area (Å²) in [7, 11) is 0. The molecule has 3 aromatic carbocycles. The summed E-state index contributed by atoms with van der Waals surface area (Å²) in [6.45, 7) is 0. The van der Waals surface area contributed by atoms with Crippen molar-refractivity contribution in [2.24, 2.45) is 0 Å². The molecule has 0 bridgehead atoms. The minimum atomic E-state index is -0.338. The number of aromatic nitrogens is 1. The first-order chi connectivity index (χ1) is 13.1. The summed E-state index contributed by atoms with van der Waals surface area (Å²) in [5.74, 6) is -0.389. The molecule has 132 valence electrons. The Morgan fingerprint density at radius 2 is 1.48 bits per heavy atom. The van der Waals surface area contributed by atoms with Crippen LogP contribution in [0.25, 0.3) is 10.2 Å². The minimum Gasteiger partial charge on any atom is -0.289 e. The third-order valence-electron chi connectivity index (χ3n) is 4.33. The second-order valence-electron chi connectivity index (χ2n) is 6.14. The van der Waals surface area contributed by atoms with Gasteiger partial charge < -0.3 is 0 Å². The molecule has 1 aromatic heterocycles. The molecule has 0 aliphatic heterocycles. The monoisotopic (exact) mass is 373 g/mol. The molecule has 0 unspecified atom stereocenters. The SMILES string of the molecule is O=C(c1ccccc1)c1ccc2c(c1)sc(=O)n2C(=O)Cc1ccccc1. The molecule has 0 N–H and O–H groups in total. The van der Waals surface area contributed by atoms with Crippen LogP contribution in [-0.4, -0.2) is 16.3 Å². The van der Waals surface area contributed by atoms with E-state index in [9.17, 15) is 14.4 Å². The molecule has 0 saturated carbocycles. The lowest BCUT2D eigenvalue weighted by Crippen LogP contribution is -2.23. The average molecular weight is 373 g/mol. The summed E-state index contributed by atoms with van der Waals surface area (Å²) in [6, 6.07) is 23.3. The van der Waals surface area contributed by atoms with E-state index in [4.69, 9.17) is 0 Å². The fourth-order valence-corrected chi connectivity index (χ4v) is 3.93. The molecule has 0 aliphatic carbocycles. The van der Waals surface area contributed by atoms with Crippen LogP contribution in [0.15, 0.2) is 83.7 Å². The Labute approximate surface area is 159 Å². The maximum Gasteiger partial charge on any atom is 0.314 e. The fourth-order valence-electron chi connectivity index (χ4n) is 3.00. The van der Waals surface area contributed by atoms with Crippen molar-refractivity contribution in [1.29, 1.82) is 0 Å². The van der Waals surface area contributed by atoms with E-state index in [1.807, 2.05) is 48.5 Å².